The van der Waals surface area contributed by atoms with Gasteiger partial charge in [-0.2, -0.15) is 0 Å². The molecule has 1 aliphatic rings. The van der Waals surface area contributed by atoms with Crippen molar-refractivity contribution in [1.29, 1.82) is 0 Å². The molecule has 0 atom stereocenters. The van der Waals surface area contributed by atoms with Gasteiger partial charge < -0.3 is 5.32 Å². The van der Waals surface area contributed by atoms with Gasteiger partial charge in [-0.05, 0) is 49.1 Å². The van der Waals surface area contributed by atoms with Crippen molar-refractivity contribution in [3.8, 4) is 0 Å². The van der Waals surface area contributed by atoms with Gasteiger partial charge in [-0.15, -0.1) is 11.3 Å². The molecular formula is C19H25N3O5S3. The SMILES string of the molecule is CN(C)S(=O)(=O)c1ccc(CNC(=O)CCc2ccc(S(=O)(=O)NC3CC3)cc2)s1. The Morgan fingerprint density at radius 1 is 1.07 bits per heavy atom. The predicted octanol–water partition coefficient (Wildman–Crippen LogP) is 1.69. The molecule has 2 aromatic rings. The van der Waals surface area contributed by atoms with Gasteiger partial charge in [0, 0.05) is 31.4 Å². The molecule has 0 bridgehead atoms. The van der Waals surface area contributed by atoms with Crippen molar-refractivity contribution in [2.75, 3.05) is 14.1 Å². The summed E-state index contributed by atoms with van der Waals surface area (Å²) in [6.07, 6.45) is 2.49. The Morgan fingerprint density at radius 3 is 2.33 bits per heavy atom. The molecule has 30 heavy (non-hydrogen) atoms. The van der Waals surface area contributed by atoms with Crippen LogP contribution in [0.2, 0.25) is 0 Å². The number of sulfonamides is 2. The van der Waals surface area contributed by atoms with Crippen molar-refractivity contribution in [2.24, 2.45) is 0 Å². The lowest BCUT2D eigenvalue weighted by atomic mass is 10.1. The summed E-state index contributed by atoms with van der Waals surface area (Å²) < 4.78 is 52.5. The molecule has 1 aromatic carbocycles. The van der Waals surface area contributed by atoms with Gasteiger partial charge in [-0.25, -0.2) is 25.9 Å². The zero-order valence-corrected chi connectivity index (χ0v) is 19.2. The standard InChI is InChI=1S/C19H25N3O5S3/c1-22(2)30(26,27)19-12-8-16(28-19)13-20-18(23)11-5-14-3-9-17(10-4-14)29(24,25)21-15-6-7-15/h3-4,8-10,12,15,21H,5-7,11,13H2,1-2H3,(H,20,23). The molecule has 1 fully saturated rings. The number of hydrogen-bond acceptors (Lipinski definition) is 6. The minimum absolute atomic E-state index is 0.0563. The molecule has 0 aliphatic heterocycles. The molecule has 8 nitrogen and oxygen atoms in total. The third-order valence-corrected chi connectivity index (χ3v) is 9.51. The lowest BCUT2D eigenvalue weighted by molar-refractivity contribution is -0.121. The number of nitrogens with one attached hydrogen (secondary N) is 2. The number of thiophene rings is 1. The summed E-state index contributed by atoms with van der Waals surface area (Å²) in [6.45, 7) is 0.260. The first-order valence-electron chi connectivity index (χ1n) is 9.47. The van der Waals surface area contributed by atoms with Crippen LogP contribution in [0.4, 0.5) is 0 Å². The first kappa shape index (κ1) is 22.9. The van der Waals surface area contributed by atoms with Crippen LogP contribution in [0.1, 0.15) is 29.7 Å². The van der Waals surface area contributed by atoms with Crippen LogP contribution in [0.25, 0.3) is 0 Å². The van der Waals surface area contributed by atoms with Crippen molar-refractivity contribution in [2.45, 2.75) is 47.4 Å². The highest BCUT2D eigenvalue weighted by Crippen LogP contribution is 2.24. The Balaban J connectivity index is 1.47. The topological polar surface area (TPSA) is 113 Å². The minimum atomic E-state index is -3.47. The molecule has 0 saturated heterocycles. The average Bonchev–Trinajstić information content (AvgIpc) is 3.36. The van der Waals surface area contributed by atoms with Crippen LogP contribution in [0.3, 0.4) is 0 Å². The lowest BCUT2D eigenvalue weighted by Gasteiger charge is -2.08. The maximum absolute atomic E-state index is 12.2. The highest BCUT2D eigenvalue weighted by Gasteiger charge is 2.27. The molecule has 1 saturated carbocycles. The lowest BCUT2D eigenvalue weighted by Crippen LogP contribution is -2.25. The second-order valence-electron chi connectivity index (χ2n) is 7.32. The van der Waals surface area contributed by atoms with E-state index in [0.717, 1.165) is 38.9 Å². The van der Waals surface area contributed by atoms with E-state index in [1.807, 2.05) is 0 Å². The van der Waals surface area contributed by atoms with Crippen LogP contribution < -0.4 is 10.0 Å². The van der Waals surface area contributed by atoms with Crippen molar-refractivity contribution in [3.05, 3.63) is 46.8 Å². The molecule has 1 aromatic heterocycles. The minimum Gasteiger partial charge on any atom is -0.351 e. The Labute approximate surface area is 181 Å². The molecule has 3 rings (SSSR count). The number of nitrogens with zero attached hydrogens (tertiary/aromatic N) is 1. The van der Waals surface area contributed by atoms with Gasteiger partial charge in [-0.3, -0.25) is 4.79 Å². The van der Waals surface area contributed by atoms with E-state index >= 15 is 0 Å². The van der Waals surface area contributed by atoms with Crippen molar-refractivity contribution in [1.82, 2.24) is 14.3 Å². The molecule has 0 unspecified atom stereocenters. The highest BCUT2D eigenvalue weighted by atomic mass is 32.2. The van der Waals surface area contributed by atoms with E-state index in [0.29, 0.717) is 6.42 Å². The second-order valence-corrected chi connectivity index (χ2v) is 12.6. The number of benzene rings is 1. The first-order chi connectivity index (χ1) is 14.1. The Kier molecular flexibility index (Phi) is 6.98. The quantitative estimate of drug-likeness (QED) is 0.548. The number of amides is 1. The average molecular weight is 472 g/mol. The summed E-state index contributed by atoms with van der Waals surface area (Å²) in [5.74, 6) is -0.160. The number of rotatable bonds is 10. The predicted molar refractivity (Wildman–Crippen MR) is 115 cm³/mol. The summed E-state index contributed by atoms with van der Waals surface area (Å²) in [5.41, 5.74) is 0.867. The maximum atomic E-state index is 12.2. The first-order valence-corrected chi connectivity index (χ1v) is 13.2. The Hall–Kier alpha value is -1.79. The van der Waals surface area contributed by atoms with Crippen LogP contribution in [0, 0.1) is 0 Å². The molecule has 2 N–H and O–H groups in total. The van der Waals surface area contributed by atoms with Crippen molar-refractivity contribution >= 4 is 37.3 Å². The maximum Gasteiger partial charge on any atom is 0.252 e. The van der Waals surface area contributed by atoms with Gasteiger partial charge in [0.2, 0.25) is 15.9 Å². The van der Waals surface area contributed by atoms with Crippen LogP contribution in [0.5, 0.6) is 0 Å². The van der Waals surface area contributed by atoms with E-state index in [1.54, 1.807) is 30.3 Å². The van der Waals surface area contributed by atoms with E-state index in [4.69, 9.17) is 0 Å². The number of carbonyl (C=O) groups excluding carboxylic acids is 1. The summed E-state index contributed by atoms with van der Waals surface area (Å²) in [5, 5.41) is 2.78. The van der Waals surface area contributed by atoms with Gasteiger partial charge in [0.05, 0.1) is 11.4 Å². The van der Waals surface area contributed by atoms with Gasteiger partial charge in [0.25, 0.3) is 10.0 Å². The second kappa shape index (κ2) is 9.15. The zero-order chi connectivity index (χ0) is 21.9. The molecule has 1 aliphatic carbocycles. The molecule has 1 amide bonds. The molecular weight excluding hydrogens is 446 g/mol. The molecule has 1 heterocycles. The fourth-order valence-corrected chi connectivity index (χ4v) is 6.40. The summed E-state index contributed by atoms with van der Waals surface area (Å²) in [7, 11) is -3.99. The van der Waals surface area contributed by atoms with Crippen molar-refractivity contribution in [3.63, 3.8) is 0 Å². The summed E-state index contributed by atoms with van der Waals surface area (Å²) >= 11 is 1.13. The summed E-state index contributed by atoms with van der Waals surface area (Å²) in [6, 6.07) is 9.82. The number of aryl methyl sites for hydroxylation is 1. The van der Waals surface area contributed by atoms with Crippen LogP contribution in [-0.4, -0.2) is 47.2 Å². The molecule has 11 heteroatoms. The van der Waals surface area contributed by atoms with Gasteiger partial charge in [0.15, 0.2) is 0 Å². The number of carbonyl (C=O) groups is 1. The van der Waals surface area contributed by atoms with Crippen LogP contribution >= 0.6 is 11.3 Å². The fraction of sp³-hybridized carbons (Fsp3) is 0.421. The largest absolute Gasteiger partial charge is 0.351 e. The smallest absolute Gasteiger partial charge is 0.252 e. The van der Waals surface area contributed by atoms with E-state index < -0.39 is 20.0 Å². The normalized spacial score (nSPS) is 14.8. The van der Waals surface area contributed by atoms with Gasteiger partial charge in [0.1, 0.15) is 4.21 Å². The van der Waals surface area contributed by atoms with E-state index in [-0.39, 0.29) is 34.0 Å². The Bertz CT molecular complexity index is 1100. The van der Waals surface area contributed by atoms with Gasteiger partial charge in [-0.1, -0.05) is 12.1 Å². The van der Waals surface area contributed by atoms with E-state index in [9.17, 15) is 21.6 Å². The zero-order valence-electron chi connectivity index (χ0n) is 16.8. The monoisotopic (exact) mass is 471 g/mol. The van der Waals surface area contributed by atoms with Crippen LogP contribution in [-0.2, 0) is 37.8 Å². The van der Waals surface area contributed by atoms with E-state index in [2.05, 4.69) is 10.0 Å². The molecule has 0 radical (unpaired) electrons. The molecule has 0 spiro atoms. The van der Waals surface area contributed by atoms with Crippen LogP contribution in [0.15, 0.2) is 45.5 Å². The number of hydrogen-bond donors (Lipinski definition) is 2. The van der Waals surface area contributed by atoms with E-state index in [1.165, 1.54) is 20.2 Å². The van der Waals surface area contributed by atoms with Gasteiger partial charge >= 0.3 is 0 Å². The fourth-order valence-electron chi connectivity index (χ4n) is 2.63. The third-order valence-electron chi connectivity index (χ3n) is 4.61. The Morgan fingerprint density at radius 2 is 1.73 bits per heavy atom. The van der Waals surface area contributed by atoms with Crippen molar-refractivity contribution < 1.29 is 21.6 Å². The summed E-state index contributed by atoms with van der Waals surface area (Å²) in [4.78, 5) is 13.1. The molecule has 164 valence electrons. The third kappa shape index (κ3) is 5.88. The highest BCUT2D eigenvalue weighted by molar-refractivity contribution is 7.91.